The average molecular weight is 343 g/mol. The van der Waals surface area contributed by atoms with Crippen molar-refractivity contribution in [3.8, 4) is 5.75 Å². The van der Waals surface area contributed by atoms with Gasteiger partial charge in [0.25, 0.3) is 5.91 Å². The lowest BCUT2D eigenvalue weighted by atomic mass is 10.2. The number of rotatable bonds is 8. The molecule has 0 aliphatic heterocycles. The molecule has 0 saturated heterocycles. The molecule has 132 valence electrons. The van der Waals surface area contributed by atoms with Gasteiger partial charge in [0.1, 0.15) is 19.0 Å². The van der Waals surface area contributed by atoms with E-state index >= 15 is 0 Å². The van der Waals surface area contributed by atoms with Crippen molar-refractivity contribution in [2.45, 2.75) is 19.6 Å². The second-order valence-corrected chi connectivity index (χ2v) is 5.35. The number of carbonyl (C=O) groups is 2. The van der Waals surface area contributed by atoms with E-state index in [1.54, 1.807) is 24.3 Å². The van der Waals surface area contributed by atoms with Crippen LogP contribution in [0.1, 0.15) is 12.5 Å². The molecule has 6 nitrogen and oxygen atoms in total. The normalized spacial score (nSPS) is 11.4. The van der Waals surface area contributed by atoms with Crippen molar-refractivity contribution >= 4 is 17.6 Å². The van der Waals surface area contributed by atoms with Crippen LogP contribution in [0.3, 0.4) is 0 Å². The van der Waals surface area contributed by atoms with Crippen molar-refractivity contribution in [2.75, 3.05) is 19.0 Å². The molecule has 0 radical (unpaired) electrons. The zero-order chi connectivity index (χ0) is 18.1. The first-order chi connectivity index (χ1) is 12.1. The number of amides is 1. The summed E-state index contributed by atoms with van der Waals surface area (Å²) in [4.78, 5) is 23.3. The highest BCUT2D eigenvalue weighted by Crippen LogP contribution is 2.17. The van der Waals surface area contributed by atoms with E-state index in [0.29, 0.717) is 18.0 Å². The number of ether oxygens (including phenoxy) is 3. The number of carbonyl (C=O) groups excluding carboxylic acids is 2. The molecule has 0 spiro atoms. The fourth-order valence-electron chi connectivity index (χ4n) is 2.02. The molecule has 0 fully saturated rings. The van der Waals surface area contributed by atoms with E-state index in [1.807, 2.05) is 30.3 Å². The first kappa shape index (κ1) is 18.5. The molecule has 1 amide bonds. The van der Waals surface area contributed by atoms with Gasteiger partial charge in [-0.25, -0.2) is 4.79 Å². The molecule has 0 unspecified atom stereocenters. The topological polar surface area (TPSA) is 73.9 Å². The van der Waals surface area contributed by atoms with Gasteiger partial charge < -0.3 is 19.5 Å². The molecule has 0 bridgehead atoms. The van der Waals surface area contributed by atoms with Crippen LogP contribution < -0.4 is 10.1 Å². The predicted molar refractivity (Wildman–Crippen MR) is 93.3 cm³/mol. The molecule has 2 aromatic rings. The number of benzene rings is 2. The summed E-state index contributed by atoms with van der Waals surface area (Å²) in [7, 11) is 1.38. The summed E-state index contributed by atoms with van der Waals surface area (Å²) in [5, 5.41) is 2.68. The lowest BCUT2D eigenvalue weighted by molar-refractivity contribution is -0.156. The highest BCUT2D eigenvalue weighted by atomic mass is 16.6. The number of nitrogens with one attached hydrogen (secondary N) is 1. The van der Waals surface area contributed by atoms with Crippen LogP contribution >= 0.6 is 0 Å². The maximum absolute atomic E-state index is 12.0. The Morgan fingerprint density at radius 2 is 1.72 bits per heavy atom. The van der Waals surface area contributed by atoms with Gasteiger partial charge in [-0.2, -0.15) is 0 Å². The van der Waals surface area contributed by atoms with Crippen molar-refractivity contribution < 1.29 is 23.8 Å². The Kier molecular flexibility index (Phi) is 6.98. The van der Waals surface area contributed by atoms with Crippen LogP contribution in [-0.2, 0) is 25.7 Å². The minimum Gasteiger partial charge on any atom is -0.489 e. The maximum atomic E-state index is 12.0. The van der Waals surface area contributed by atoms with Crippen molar-refractivity contribution in [3.63, 3.8) is 0 Å². The Labute approximate surface area is 146 Å². The molecule has 0 aromatic heterocycles. The van der Waals surface area contributed by atoms with E-state index in [2.05, 4.69) is 10.1 Å². The molecule has 0 aliphatic rings. The summed E-state index contributed by atoms with van der Waals surface area (Å²) in [5.41, 5.74) is 1.67. The highest BCUT2D eigenvalue weighted by molar-refractivity contribution is 5.95. The third kappa shape index (κ3) is 6.27. The third-order valence-corrected chi connectivity index (χ3v) is 3.31. The van der Waals surface area contributed by atoms with Gasteiger partial charge in [0.2, 0.25) is 0 Å². The highest BCUT2D eigenvalue weighted by Gasteiger charge is 2.17. The fourth-order valence-corrected chi connectivity index (χ4v) is 2.02. The Bertz CT molecular complexity index is 685. The Morgan fingerprint density at radius 3 is 2.36 bits per heavy atom. The van der Waals surface area contributed by atoms with Crippen LogP contribution in [0.25, 0.3) is 0 Å². The van der Waals surface area contributed by atoms with E-state index in [9.17, 15) is 9.59 Å². The smallest absolute Gasteiger partial charge is 0.332 e. The van der Waals surface area contributed by atoms with Crippen LogP contribution in [0, 0.1) is 0 Å². The SMILES string of the molecule is COCC(=O)O[C@H](C)C(=O)Nc1ccc(OCc2ccccc2)cc1. The van der Waals surface area contributed by atoms with Crippen LogP contribution in [-0.4, -0.2) is 31.7 Å². The minimum atomic E-state index is -0.906. The summed E-state index contributed by atoms with van der Waals surface area (Å²) >= 11 is 0. The number of hydrogen-bond donors (Lipinski definition) is 1. The van der Waals surface area contributed by atoms with Gasteiger partial charge in [-0.3, -0.25) is 4.79 Å². The lowest BCUT2D eigenvalue weighted by Crippen LogP contribution is -2.31. The van der Waals surface area contributed by atoms with Gasteiger partial charge in [-0.1, -0.05) is 30.3 Å². The van der Waals surface area contributed by atoms with Gasteiger partial charge >= 0.3 is 5.97 Å². The molecule has 2 rings (SSSR count). The van der Waals surface area contributed by atoms with E-state index in [0.717, 1.165) is 5.56 Å². The molecule has 1 N–H and O–H groups in total. The second-order valence-electron chi connectivity index (χ2n) is 5.35. The van der Waals surface area contributed by atoms with E-state index in [1.165, 1.54) is 14.0 Å². The Hall–Kier alpha value is -2.86. The van der Waals surface area contributed by atoms with Crippen LogP contribution in [0.2, 0.25) is 0 Å². The number of methoxy groups -OCH3 is 1. The standard InChI is InChI=1S/C19H21NO5/c1-14(25-18(21)13-23-2)19(22)20-16-8-10-17(11-9-16)24-12-15-6-4-3-5-7-15/h3-11,14H,12-13H2,1-2H3,(H,20,22)/t14-/m1/s1. The molecule has 0 heterocycles. The van der Waals surface area contributed by atoms with Crippen molar-refractivity contribution in [2.24, 2.45) is 0 Å². The fraction of sp³-hybridized carbons (Fsp3) is 0.263. The summed E-state index contributed by atoms with van der Waals surface area (Å²) in [6, 6.07) is 16.8. The van der Waals surface area contributed by atoms with Gasteiger partial charge in [0, 0.05) is 12.8 Å². The molecule has 2 aromatic carbocycles. The number of esters is 1. The quantitative estimate of drug-likeness (QED) is 0.746. The van der Waals surface area contributed by atoms with Crippen LogP contribution in [0.5, 0.6) is 5.75 Å². The molecule has 25 heavy (non-hydrogen) atoms. The molecule has 1 atom stereocenters. The van der Waals surface area contributed by atoms with Crippen LogP contribution in [0.4, 0.5) is 5.69 Å². The zero-order valence-corrected chi connectivity index (χ0v) is 14.2. The second kappa shape index (κ2) is 9.44. The van der Waals surface area contributed by atoms with Crippen molar-refractivity contribution in [1.29, 1.82) is 0 Å². The molecule has 0 aliphatic carbocycles. The van der Waals surface area contributed by atoms with E-state index in [4.69, 9.17) is 9.47 Å². The first-order valence-corrected chi connectivity index (χ1v) is 7.84. The van der Waals surface area contributed by atoms with Crippen molar-refractivity contribution in [1.82, 2.24) is 0 Å². The largest absolute Gasteiger partial charge is 0.489 e. The summed E-state index contributed by atoms with van der Waals surface area (Å²) in [6.07, 6.45) is -0.906. The van der Waals surface area contributed by atoms with Gasteiger partial charge in [-0.05, 0) is 36.8 Å². The Balaban J connectivity index is 1.83. The van der Waals surface area contributed by atoms with Gasteiger partial charge in [0.05, 0.1) is 0 Å². The minimum absolute atomic E-state index is 0.189. The van der Waals surface area contributed by atoms with Crippen LogP contribution in [0.15, 0.2) is 54.6 Å². The molecule has 6 heteroatoms. The average Bonchev–Trinajstić information content (AvgIpc) is 2.62. The predicted octanol–water partition coefficient (Wildman–Crippen LogP) is 2.78. The number of hydrogen-bond acceptors (Lipinski definition) is 5. The van der Waals surface area contributed by atoms with Crippen molar-refractivity contribution in [3.05, 3.63) is 60.2 Å². The molecular formula is C19H21NO5. The summed E-state index contributed by atoms with van der Waals surface area (Å²) < 4.78 is 15.3. The zero-order valence-electron chi connectivity index (χ0n) is 14.2. The number of anilines is 1. The van der Waals surface area contributed by atoms with Gasteiger partial charge in [0.15, 0.2) is 6.10 Å². The summed E-state index contributed by atoms with van der Waals surface area (Å²) in [6.45, 7) is 1.78. The third-order valence-electron chi connectivity index (χ3n) is 3.31. The van der Waals surface area contributed by atoms with E-state index < -0.39 is 18.0 Å². The maximum Gasteiger partial charge on any atom is 0.332 e. The lowest BCUT2D eigenvalue weighted by Gasteiger charge is -2.13. The monoisotopic (exact) mass is 343 g/mol. The molecular weight excluding hydrogens is 322 g/mol. The van der Waals surface area contributed by atoms with Gasteiger partial charge in [-0.15, -0.1) is 0 Å². The Morgan fingerprint density at radius 1 is 1.04 bits per heavy atom. The van der Waals surface area contributed by atoms with E-state index in [-0.39, 0.29) is 6.61 Å². The summed E-state index contributed by atoms with van der Waals surface area (Å²) in [5.74, 6) is -0.307. The molecule has 0 saturated carbocycles. The first-order valence-electron chi connectivity index (χ1n) is 7.84.